The first-order valence-corrected chi connectivity index (χ1v) is 4.94. The highest BCUT2D eigenvalue weighted by Crippen LogP contribution is 2.25. The third kappa shape index (κ3) is 3.31. The Morgan fingerprint density at radius 2 is 2.38 bits per heavy atom. The van der Waals surface area contributed by atoms with Crippen LogP contribution in [0, 0.1) is 6.92 Å². The zero-order valence-electron chi connectivity index (χ0n) is 9.19. The van der Waals surface area contributed by atoms with Crippen molar-refractivity contribution in [3.63, 3.8) is 0 Å². The van der Waals surface area contributed by atoms with Crippen molar-refractivity contribution in [1.29, 1.82) is 0 Å². The molecule has 86 valence electrons. The molecule has 16 heavy (non-hydrogen) atoms. The van der Waals surface area contributed by atoms with Crippen LogP contribution in [-0.4, -0.2) is 24.2 Å². The highest BCUT2D eigenvalue weighted by atomic mass is 16.5. The lowest BCUT2D eigenvalue weighted by molar-refractivity contribution is -0.122. The Balaban J connectivity index is 2.51. The number of carbonyl (C=O) groups is 1. The Morgan fingerprint density at radius 3 is 3.06 bits per heavy atom. The van der Waals surface area contributed by atoms with Gasteiger partial charge in [-0.15, -0.1) is 6.58 Å². The molecule has 0 aliphatic rings. The standard InChI is InChI=1S/C12H15NO3/c1-3-7-13-12(15)8-16-11-6-4-5-10(14)9(11)2/h3-6,14H,1,7-8H2,2H3,(H,13,15). The lowest BCUT2D eigenvalue weighted by atomic mass is 10.2. The van der Waals surface area contributed by atoms with Gasteiger partial charge in [-0.2, -0.15) is 0 Å². The van der Waals surface area contributed by atoms with Gasteiger partial charge < -0.3 is 15.2 Å². The Kier molecular flexibility index (Phi) is 4.39. The van der Waals surface area contributed by atoms with Crippen molar-refractivity contribution in [1.82, 2.24) is 5.32 Å². The Hall–Kier alpha value is -1.97. The van der Waals surface area contributed by atoms with Gasteiger partial charge in [-0.3, -0.25) is 4.79 Å². The molecule has 0 saturated carbocycles. The van der Waals surface area contributed by atoms with Crippen LogP contribution in [0.1, 0.15) is 5.56 Å². The molecule has 0 atom stereocenters. The molecule has 0 spiro atoms. The molecule has 4 nitrogen and oxygen atoms in total. The van der Waals surface area contributed by atoms with E-state index >= 15 is 0 Å². The topological polar surface area (TPSA) is 58.6 Å². The first-order valence-electron chi connectivity index (χ1n) is 4.94. The van der Waals surface area contributed by atoms with Crippen LogP contribution in [0.5, 0.6) is 11.5 Å². The second-order valence-corrected chi connectivity index (χ2v) is 3.28. The number of hydrogen-bond donors (Lipinski definition) is 2. The van der Waals surface area contributed by atoms with Crippen LogP contribution >= 0.6 is 0 Å². The molecule has 1 rings (SSSR count). The predicted molar refractivity (Wildman–Crippen MR) is 61.5 cm³/mol. The van der Waals surface area contributed by atoms with E-state index in [2.05, 4.69) is 11.9 Å². The quantitative estimate of drug-likeness (QED) is 0.738. The van der Waals surface area contributed by atoms with Crippen molar-refractivity contribution in [2.75, 3.05) is 13.2 Å². The SMILES string of the molecule is C=CCNC(=O)COc1cccc(O)c1C. The highest BCUT2D eigenvalue weighted by molar-refractivity contribution is 5.77. The minimum Gasteiger partial charge on any atom is -0.508 e. The summed E-state index contributed by atoms with van der Waals surface area (Å²) in [4.78, 5) is 11.2. The normalized spacial score (nSPS) is 9.56. The summed E-state index contributed by atoms with van der Waals surface area (Å²) in [6.45, 7) is 5.56. The largest absolute Gasteiger partial charge is 0.508 e. The lowest BCUT2D eigenvalue weighted by Gasteiger charge is -2.09. The van der Waals surface area contributed by atoms with E-state index < -0.39 is 0 Å². The summed E-state index contributed by atoms with van der Waals surface area (Å²) < 4.78 is 5.27. The fourth-order valence-electron chi connectivity index (χ4n) is 1.14. The van der Waals surface area contributed by atoms with Gasteiger partial charge in [0.15, 0.2) is 6.61 Å². The summed E-state index contributed by atoms with van der Waals surface area (Å²) in [5.74, 6) is 0.445. The summed E-state index contributed by atoms with van der Waals surface area (Å²) in [6, 6.07) is 4.94. The fourth-order valence-corrected chi connectivity index (χ4v) is 1.14. The number of rotatable bonds is 5. The number of ether oxygens (including phenoxy) is 1. The van der Waals surface area contributed by atoms with Gasteiger partial charge in [0.25, 0.3) is 5.91 Å². The van der Waals surface area contributed by atoms with E-state index in [0.717, 1.165) is 0 Å². The molecule has 1 amide bonds. The third-order valence-electron chi connectivity index (χ3n) is 2.06. The van der Waals surface area contributed by atoms with Crippen molar-refractivity contribution in [2.24, 2.45) is 0 Å². The molecular weight excluding hydrogens is 206 g/mol. The lowest BCUT2D eigenvalue weighted by Crippen LogP contribution is -2.28. The number of aromatic hydroxyl groups is 1. The predicted octanol–water partition coefficient (Wildman–Crippen LogP) is 1.38. The summed E-state index contributed by atoms with van der Waals surface area (Å²) in [7, 11) is 0. The number of carbonyl (C=O) groups excluding carboxylic acids is 1. The van der Waals surface area contributed by atoms with Gasteiger partial charge in [-0.05, 0) is 19.1 Å². The minimum atomic E-state index is -0.220. The van der Waals surface area contributed by atoms with Crippen LogP contribution in [0.3, 0.4) is 0 Å². The average Bonchev–Trinajstić information content (AvgIpc) is 2.28. The number of nitrogens with one attached hydrogen (secondary N) is 1. The molecule has 0 aliphatic carbocycles. The van der Waals surface area contributed by atoms with Gasteiger partial charge in [-0.1, -0.05) is 12.1 Å². The molecule has 0 saturated heterocycles. The zero-order chi connectivity index (χ0) is 12.0. The van der Waals surface area contributed by atoms with Crippen molar-refractivity contribution in [2.45, 2.75) is 6.92 Å². The van der Waals surface area contributed by atoms with E-state index in [9.17, 15) is 9.90 Å². The second kappa shape index (κ2) is 5.80. The minimum absolute atomic E-state index is 0.0713. The van der Waals surface area contributed by atoms with Crippen LogP contribution in [0.25, 0.3) is 0 Å². The molecule has 1 aromatic rings. The van der Waals surface area contributed by atoms with Crippen molar-refractivity contribution in [3.05, 3.63) is 36.4 Å². The summed E-state index contributed by atoms with van der Waals surface area (Å²) in [5, 5.41) is 12.0. The molecule has 0 aliphatic heterocycles. The van der Waals surface area contributed by atoms with Gasteiger partial charge in [0.1, 0.15) is 11.5 Å². The van der Waals surface area contributed by atoms with Gasteiger partial charge in [-0.25, -0.2) is 0 Å². The van der Waals surface area contributed by atoms with Crippen LogP contribution in [0.2, 0.25) is 0 Å². The summed E-state index contributed by atoms with van der Waals surface area (Å²) in [6.07, 6.45) is 1.59. The average molecular weight is 221 g/mol. The van der Waals surface area contributed by atoms with Crippen molar-refractivity contribution >= 4 is 5.91 Å². The third-order valence-corrected chi connectivity index (χ3v) is 2.06. The van der Waals surface area contributed by atoms with Crippen LogP contribution in [0.4, 0.5) is 0 Å². The van der Waals surface area contributed by atoms with Gasteiger partial charge >= 0.3 is 0 Å². The van der Waals surface area contributed by atoms with Crippen LogP contribution < -0.4 is 10.1 Å². The van der Waals surface area contributed by atoms with E-state index in [-0.39, 0.29) is 18.3 Å². The molecule has 0 aromatic heterocycles. The number of benzene rings is 1. The second-order valence-electron chi connectivity index (χ2n) is 3.28. The first kappa shape index (κ1) is 12.1. The number of amides is 1. The Bertz CT molecular complexity index is 388. The van der Waals surface area contributed by atoms with Gasteiger partial charge in [0, 0.05) is 12.1 Å². The number of phenolic OH excluding ortho intramolecular Hbond substituents is 1. The maximum absolute atomic E-state index is 11.2. The zero-order valence-corrected chi connectivity index (χ0v) is 9.19. The van der Waals surface area contributed by atoms with Gasteiger partial charge in [0.05, 0.1) is 0 Å². The molecular formula is C12H15NO3. The molecule has 0 heterocycles. The molecule has 0 radical (unpaired) electrons. The van der Waals surface area contributed by atoms with E-state index in [1.807, 2.05) is 0 Å². The fraction of sp³-hybridized carbons (Fsp3) is 0.250. The molecule has 0 unspecified atom stereocenters. The van der Waals surface area contributed by atoms with Crippen molar-refractivity contribution in [3.8, 4) is 11.5 Å². The molecule has 0 fully saturated rings. The Labute approximate surface area is 94.6 Å². The Morgan fingerprint density at radius 1 is 1.62 bits per heavy atom. The molecule has 4 heteroatoms. The monoisotopic (exact) mass is 221 g/mol. The molecule has 2 N–H and O–H groups in total. The first-order chi connectivity index (χ1) is 7.65. The van der Waals surface area contributed by atoms with Crippen LogP contribution in [-0.2, 0) is 4.79 Å². The number of hydrogen-bond acceptors (Lipinski definition) is 3. The maximum Gasteiger partial charge on any atom is 0.258 e. The van der Waals surface area contributed by atoms with E-state index in [0.29, 0.717) is 17.9 Å². The van der Waals surface area contributed by atoms with Gasteiger partial charge in [0.2, 0.25) is 0 Å². The van der Waals surface area contributed by atoms with Crippen molar-refractivity contribution < 1.29 is 14.6 Å². The summed E-state index contributed by atoms with van der Waals surface area (Å²) >= 11 is 0. The molecule has 1 aromatic carbocycles. The van der Waals surface area contributed by atoms with E-state index in [4.69, 9.17) is 4.74 Å². The smallest absolute Gasteiger partial charge is 0.258 e. The van der Waals surface area contributed by atoms with Crippen LogP contribution in [0.15, 0.2) is 30.9 Å². The maximum atomic E-state index is 11.2. The van der Waals surface area contributed by atoms with E-state index in [1.165, 1.54) is 0 Å². The highest BCUT2D eigenvalue weighted by Gasteiger charge is 2.06. The molecule has 0 bridgehead atoms. The number of phenols is 1. The van der Waals surface area contributed by atoms with E-state index in [1.54, 1.807) is 31.2 Å². The summed E-state index contributed by atoms with van der Waals surface area (Å²) in [5.41, 5.74) is 0.624.